The van der Waals surface area contributed by atoms with Crippen molar-refractivity contribution in [1.82, 2.24) is 9.55 Å². The van der Waals surface area contributed by atoms with Gasteiger partial charge in [0.15, 0.2) is 0 Å². The van der Waals surface area contributed by atoms with Crippen molar-refractivity contribution in [2.75, 3.05) is 0 Å². The van der Waals surface area contributed by atoms with E-state index in [1.807, 2.05) is 13.8 Å². The van der Waals surface area contributed by atoms with E-state index in [1.165, 1.54) is 11.1 Å². The van der Waals surface area contributed by atoms with E-state index in [0.29, 0.717) is 6.04 Å². The molecule has 1 aromatic heterocycles. The van der Waals surface area contributed by atoms with E-state index in [9.17, 15) is 0 Å². The zero-order valence-electron chi connectivity index (χ0n) is 12.0. The fraction of sp³-hybridized carbons (Fsp3) is 0.533. The fourth-order valence-corrected chi connectivity index (χ4v) is 2.37. The van der Waals surface area contributed by atoms with Gasteiger partial charge in [-0.1, -0.05) is 6.07 Å². The Morgan fingerprint density at radius 2 is 2.00 bits per heavy atom. The predicted octanol–water partition coefficient (Wildman–Crippen LogP) is 3.21. The van der Waals surface area contributed by atoms with E-state index in [0.717, 1.165) is 17.8 Å². The number of aryl methyl sites for hydroxylation is 1. The van der Waals surface area contributed by atoms with Gasteiger partial charge in [-0.05, 0) is 52.3 Å². The van der Waals surface area contributed by atoms with Crippen molar-refractivity contribution in [3.8, 4) is 0 Å². The summed E-state index contributed by atoms with van der Waals surface area (Å²) in [6, 6.07) is 6.83. The molecule has 0 saturated heterocycles. The van der Waals surface area contributed by atoms with Crippen molar-refractivity contribution in [3.05, 3.63) is 29.6 Å². The summed E-state index contributed by atoms with van der Waals surface area (Å²) < 4.78 is 2.30. The molecule has 0 aliphatic carbocycles. The van der Waals surface area contributed by atoms with Gasteiger partial charge in [0.2, 0.25) is 0 Å². The summed E-state index contributed by atoms with van der Waals surface area (Å²) in [5.74, 6) is 1.08. The van der Waals surface area contributed by atoms with Gasteiger partial charge in [0.05, 0.1) is 11.0 Å². The highest BCUT2D eigenvalue weighted by Crippen LogP contribution is 2.24. The maximum atomic E-state index is 6.13. The Morgan fingerprint density at radius 1 is 1.33 bits per heavy atom. The van der Waals surface area contributed by atoms with E-state index >= 15 is 0 Å². The number of nitrogens with two attached hydrogens (primary N) is 1. The SMILES string of the molecule is Cc1ccc2c(c1)nc(CC(C)(C)N)n2C(C)C. The summed E-state index contributed by atoms with van der Waals surface area (Å²) in [5, 5.41) is 0. The van der Waals surface area contributed by atoms with Gasteiger partial charge >= 0.3 is 0 Å². The largest absolute Gasteiger partial charge is 0.325 e. The van der Waals surface area contributed by atoms with E-state index in [2.05, 4.69) is 43.5 Å². The Morgan fingerprint density at radius 3 is 2.56 bits per heavy atom. The highest BCUT2D eigenvalue weighted by molar-refractivity contribution is 5.77. The van der Waals surface area contributed by atoms with Gasteiger partial charge in [-0.3, -0.25) is 0 Å². The van der Waals surface area contributed by atoms with Crippen LogP contribution in [-0.4, -0.2) is 15.1 Å². The number of nitrogens with zero attached hydrogens (tertiary/aromatic N) is 2. The van der Waals surface area contributed by atoms with Crippen LogP contribution < -0.4 is 5.73 Å². The van der Waals surface area contributed by atoms with Crippen LogP contribution in [0.15, 0.2) is 18.2 Å². The lowest BCUT2D eigenvalue weighted by Gasteiger charge is -2.20. The van der Waals surface area contributed by atoms with Crippen molar-refractivity contribution < 1.29 is 0 Å². The second-order valence-corrected chi connectivity index (χ2v) is 6.15. The topological polar surface area (TPSA) is 43.8 Å². The fourth-order valence-electron chi connectivity index (χ4n) is 2.37. The van der Waals surface area contributed by atoms with Crippen molar-refractivity contribution in [2.24, 2.45) is 5.73 Å². The molecule has 2 N–H and O–H groups in total. The summed E-state index contributed by atoms with van der Waals surface area (Å²) in [4.78, 5) is 4.76. The van der Waals surface area contributed by atoms with Crippen LogP contribution in [0, 0.1) is 6.92 Å². The van der Waals surface area contributed by atoms with E-state index in [1.54, 1.807) is 0 Å². The highest BCUT2D eigenvalue weighted by Gasteiger charge is 2.19. The number of hydrogen-bond donors (Lipinski definition) is 1. The summed E-state index contributed by atoms with van der Waals surface area (Å²) in [7, 11) is 0. The first kappa shape index (κ1) is 13.1. The Balaban J connectivity index is 2.61. The Kier molecular flexibility index (Phi) is 3.20. The molecule has 3 nitrogen and oxygen atoms in total. The van der Waals surface area contributed by atoms with E-state index in [4.69, 9.17) is 10.7 Å². The quantitative estimate of drug-likeness (QED) is 0.902. The van der Waals surface area contributed by atoms with Gasteiger partial charge in [-0.25, -0.2) is 4.98 Å². The first-order chi connectivity index (χ1) is 8.28. The molecule has 18 heavy (non-hydrogen) atoms. The molecule has 0 radical (unpaired) electrons. The summed E-state index contributed by atoms with van der Waals surface area (Å²) in [6.07, 6.45) is 0.791. The van der Waals surface area contributed by atoms with Crippen molar-refractivity contribution >= 4 is 11.0 Å². The van der Waals surface area contributed by atoms with Crippen LogP contribution in [0.5, 0.6) is 0 Å². The summed E-state index contributed by atoms with van der Waals surface area (Å²) >= 11 is 0. The number of aromatic nitrogens is 2. The lowest BCUT2D eigenvalue weighted by atomic mass is 10.0. The average Bonchev–Trinajstić information content (AvgIpc) is 2.51. The molecule has 0 bridgehead atoms. The van der Waals surface area contributed by atoms with Crippen LogP contribution in [0.1, 0.15) is 45.1 Å². The molecule has 0 saturated carbocycles. The first-order valence-corrected chi connectivity index (χ1v) is 6.54. The normalized spacial score (nSPS) is 12.6. The molecule has 0 aliphatic rings. The van der Waals surface area contributed by atoms with Gasteiger partial charge in [0.1, 0.15) is 5.82 Å². The molecule has 2 rings (SSSR count). The molecule has 2 aromatic rings. The minimum atomic E-state index is -0.233. The van der Waals surface area contributed by atoms with Crippen LogP contribution in [0.4, 0.5) is 0 Å². The van der Waals surface area contributed by atoms with Crippen molar-refractivity contribution in [2.45, 2.75) is 52.6 Å². The Bertz CT molecular complexity index is 559. The average molecular weight is 245 g/mol. The maximum absolute atomic E-state index is 6.13. The van der Waals surface area contributed by atoms with E-state index in [-0.39, 0.29) is 5.54 Å². The van der Waals surface area contributed by atoms with Crippen LogP contribution in [0.2, 0.25) is 0 Å². The maximum Gasteiger partial charge on any atom is 0.111 e. The van der Waals surface area contributed by atoms with Crippen LogP contribution in [-0.2, 0) is 6.42 Å². The van der Waals surface area contributed by atoms with Crippen LogP contribution in [0.25, 0.3) is 11.0 Å². The molecule has 0 unspecified atom stereocenters. The number of hydrogen-bond acceptors (Lipinski definition) is 2. The molecular weight excluding hydrogens is 222 g/mol. The molecular formula is C15H23N3. The van der Waals surface area contributed by atoms with E-state index < -0.39 is 0 Å². The Hall–Kier alpha value is -1.35. The molecule has 0 spiro atoms. The molecule has 0 fully saturated rings. The van der Waals surface area contributed by atoms with Crippen molar-refractivity contribution in [3.63, 3.8) is 0 Å². The molecule has 98 valence electrons. The second kappa shape index (κ2) is 4.39. The monoisotopic (exact) mass is 245 g/mol. The molecule has 0 amide bonds. The second-order valence-electron chi connectivity index (χ2n) is 6.15. The molecule has 1 heterocycles. The standard InChI is InChI=1S/C15H23N3/c1-10(2)18-13-7-6-11(3)8-12(13)17-14(18)9-15(4,5)16/h6-8,10H,9,16H2,1-5H3. The lowest BCUT2D eigenvalue weighted by Crippen LogP contribution is -2.35. The number of benzene rings is 1. The number of rotatable bonds is 3. The van der Waals surface area contributed by atoms with Gasteiger partial charge in [0.25, 0.3) is 0 Å². The predicted molar refractivity (Wildman–Crippen MR) is 76.8 cm³/mol. The van der Waals surface area contributed by atoms with Gasteiger partial charge < -0.3 is 10.3 Å². The third kappa shape index (κ3) is 2.56. The highest BCUT2D eigenvalue weighted by atomic mass is 15.1. The van der Waals surface area contributed by atoms with Gasteiger partial charge in [0, 0.05) is 18.0 Å². The summed E-state index contributed by atoms with van der Waals surface area (Å²) in [6.45, 7) is 10.6. The Labute approximate surface area is 109 Å². The minimum absolute atomic E-state index is 0.233. The third-order valence-electron chi connectivity index (χ3n) is 3.05. The molecule has 3 heteroatoms. The minimum Gasteiger partial charge on any atom is -0.325 e. The smallest absolute Gasteiger partial charge is 0.111 e. The van der Waals surface area contributed by atoms with Crippen LogP contribution >= 0.6 is 0 Å². The van der Waals surface area contributed by atoms with Crippen molar-refractivity contribution in [1.29, 1.82) is 0 Å². The first-order valence-electron chi connectivity index (χ1n) is 6.54. The zero-order chi connectivity index (χ0) is 13.5. The zero-order valence-corrected chi connectivity index (χ0v) is 12.0. The van der Waals surface area contributed by atoms with Crippen LogP contribution in [0.3, 0.4) is 0 Å². The molecule has 0 atom stereocenters. The number of fused-ring (bicyclic) bond motifs is 1. The molecule has 0 aliphatic heterocycles. The number of imidazole rings is 1. The van der Waals surface area contributed by atoms with Gasteiger partial charge in [-0.2, -0.15) is 0 Å². The molecule has 1 aromatic carbocycles. The third-order valence-corrected chi connectivity index (χ3v) is 3.05. The van der Waals surface area contributed by atoms with Gasteiger partial charge in [-0.15, -0.1) is 0 Å². The summed E-state index contributed by atoms with van der Waals surface area (Å²) in [5.41, 5.74) is 9.42. The lowest BCUT2D eigenvalue weighted by molar-refractivity contribution is 0.475.